The third-order valence-corrected chi connectivity index (χ3v) is 6.75. The van der Waals surface area contributed by atoms with E-state index in [0.717, 1.165) is 44.8 Å². The zero-order valence-corrected chi connectivity index (χ0v) is 16.8. The van der Waals surface area contributed by atoms with Crippen LogP contribution in [-0.2, 0) is 4.79 Å². The van der Waals surface area contributed by atoms with Gasteiger partial charge in [-0.05, 0) is 62.2 Å². The van der Waals surface area contributed by atoms with Crippen LogP contribution < -0.4 is 5.32 Å². The number of nitrogens with one attached hydrogen (secondary N) is 1. The van der Waals surface area contributed by atoms with Gasteiger partial charge in [0.2, 0.25) is 5.91 Å². The highest BCUT2D eigenvalue weighted by Crippen LogP contribution is 2.28. The minimum Gasteiger partial charge on any atom is -0.342 e. The van der Waals surface area contributed by atoms with Crippen LogP contribution in [0.1, 0.15) is 32.6 Å². The minimum atomic E-state index is 0. The molecule has 5 heteroatoms. The van der Waals surface area contributed by atoms with E-state index < -0.39 is 0 Å². The highest BCUT2D eigenvalue weighted by Gasteiger charge is 2.29. The second-order valence-electron chi connectivity index (χ2n) is 7.41. The maximum atomic E-state index is 12.6. The third-order valence-electron chi connectivity index (χ3n) is 5.50. The Morgan fingerprint density at radius 3 is 2.84 bits per heavy atom. The van der Waals surface area contributed by atoms with Gasteiger partial charge in [-0.3, -0.25) is 4.79 Å². The predicted octanol–water partition coefficient (Wildman–Crippen LogP) is 4.07. The van der Waals surface area contributed by atoms with Gasteiger partial charge >= 0.3 is 0 Å². The molecule has 0 aliphatic carbocycles. The number of nitrogens with zero attached hydrogens (tertiary/aromatic N) is 1. The topological polar surface area (TPSA) is 32.3 Å². The average molecular weight is 383 g/mol. The molecule has 1 aromatic rings. The van der Waals surface area contributed by atoms with Gasteiger partial charge in [0.1, 0.15) is 0 Å². The second kappa shape index (κ2) is 10.4. The Kier molecular flexibility index (Phi) is 8.60. The minimum absolute atomic E-state index is 0. The van der Waals surface area contributed by atoms with E-state index in [1.807, 2.05) is 11.8 Å². The number of rotatable bonds is 6. The number of hydrogen-bond donors (Lipinski definition) is 1. The van der Waals surface area contributed by atoms with Crippen LogP contribution >= 0.6 is 24.2 Å². The smallest absolute Gasteiger partial charge is 0.222 e. The van der Waals surface area contributed by atoms with Gasteiger partial charge in [-0.1, -0.05) is 25.1 Å². The number of halogens is 1. The maximum Gasteiger partial charge on any atom is 0.222 e. The molecule has 3 rings (SSSR count). The largest absolute Gasteiger partial charge is 0.342 e. The van der Waals surface area contributed by atoms with Gasteiger partial charge in [0, 0.05) is 30.2 Å². The van der Waals surface area contributed by atoms with E-state index in [0.29, 0.717) is 23.7 Å². The normalized spacial score (nSPS) is 24.6. The summed E-state index contributed by atoms with van der Waals surface area (Å²) in [6, 6.07) is 10.6. The lowest BCUT2D eigenvalue weighted by molar-refractivity contribution is -0.131. The van der Waals surface area contributed by atoms with E-state index in [9.17, 15) is 4.79 Å². The SMILES string of the molecule is CC(CC(=O)N1CCC(CSc2ccccc2)C1)C1CCCNC1.Cl. The summed E-state index contributed by atoms with van der Waals surface area (Å²) in [4.78, 5) is 16.1. The number of hydrogen-bond acceptors (Lipinski definition) is 3. The van der Waals surface area contributed by atoms with Gasteiger partial charge < -0.3 is 10.2 Å². The molecule has 2 saturated heterocycles. The van der Waals surface area contributed by atoms with E-state index >= 15 is 0 Å². The summed E-state index contributed by atoms with van der Waals surface area (Å²) in [7, 11) is 0. The van der Waals surface area contributed by atoms with Crippen molar-refractivity contribution in [2.24, 2.45) is 17.8 Å². The van der Waals surface area contributed by atoms with Crippen LogP contribution in [0.5, 0.6) is 0 Å². The first kappa shape index (κ1) is 20.6. The maximum absolute atomic E-state index is 12.6. The Labute approximate surface area is 162 Å². The van der Waals surface area contributed by atoms with Crippen LogP contribution in [0.15, 0.2) is 35.2 Å². The average Bonchev–Trinajstić information content (AvgIpc) is 3.11. The number of benzene rings is 1. The molecule has 2 fully saturated rings. The Bertz CT molecular complexity index is 522. The van der Waals surface area contributed by atoms with Crippen molar-refractivity contribution in [1.82, 2.24) is 10.2 Å². The molecule has 140 valence electrons. The first-order valence-electron chi connectivity index (χ1n) is 9.38. The van der Waals surface area contributed by atoms with Gasteiger partial charge in [-0.15, -0.1) is 24.2 Å². The number of piperidine rings is 1. The van der Waals surface area contributed by atoms with Gasteiger partial charge in [-0.2, -0.15) is 0 Å². The van der Waals surface area contributed by atoms with E-state index in [4.69, 9.17) is 0 Å². The zero-order chi connectivity index (χ0) is 16.8. The molecular formula is C20H31ClN2OS. The standard InChI is InChI=1S/C20H30N2OS.ClH/c1-16(18-6-5-10-21-13-18)12-20(23)22-11-9-17(14-22)15-24-19-7-3-2-4-8-19;/h2-4,7-8,16-18,21H,5-6,9-15H2,1H3;1H. The van der Waals surface area contributed by atoms with Crippen LogP contribution in [0, 0.1) is 17.8 Å². The molecular weight excluding hydrogens is 352 g/mol. The molecule has 0 radical (unpaired) electrons. The van der Waals surface area contributed by atoms with Crippen molar-refractivity contribution in [3.05, 3.63) is 30.3 Å². The van der Waals surface area contributed by atoms with Crippen molar-refractivity contribution in [3.63, 3.8) is 0 Å². The summed E-state index contributed by atoms with van der Waals surface area (Å²) in [5, 5.41) is 3.47. The first-order chi connectivity index (χ1) is 11.7. The molecule has 0 bridgehead atoms. The molecule has 0 aromatic heterocycles. The van der Waals surface area contributed by atoms with Crippen LogP contribution in [0.4, 0.5) is 0 Å². The number of thioether (sulfide) groups is 1. The quantitative estimate of drug-likeness (QED) is 0.752. The molecule has 2 heterocycles. The van der Waals surface area contributed by atoms with Crippen LogP contribution in [-0.4, -0.2) is 42.7 Å². The van der Waals surface area contributed by atoms with Crippen molar-refractivity contribution in [3.8, 4) is 0 Å². The second-order valence-corrected chi connectivity index (χ2v) is 8.50. The first-order valence-corrected chi connectivity index (χ1v) is 10.4. The lowest BCUT2D eigenvalue weighted by Crippen LogP contribution is -2.36. The zero-order valence-electron chi connectivity index (χ0n) is 15.2. The lowest BCUT2D eigenvalue weighted by Gasteiger charge is -2.29. The molecule has 3 unspecified atom stereocenters. The molecule has 25 heavy (non-hydrogen) atoms. The Hall–Kier alpha value is -0.710. The Balaban J connectivity index is 0.00000225. The van der Waals surface area contributed by atoms with Gasteiger partial charge in [0.25, 0.3) is 0 Å². The molecule has 1 aromatic carbocycles. The van der Waals surface area contributed by atoms with E-state index in [1.54, 1.807) is 0 Å². The number of carbonyl (C=O) groups excluding carboxylic acids is 1. The monoisotopic (exact) mass is 382 g/mol. The molecule has 3 nitrogen and oxygen atoms in total. The summed E-state index contributed by atoms with van der Waals surface area (Å²) in [5.74, 6) is 3.32. The molecule has 0 saturated carbocycles. The van der Waals surface area contributed by atoms with Crippen molar-refractivity contribution < 1.29 is 4.79 Å². The van der Waals surface area contributed by atoms with Gasteiger partial charge in [-0.25, -0.2) is 0 Å². The highest BCUT2D eigenvalue weighted by molar-refractivity contribution is 7.99. The van der Waals surface area contributed by atoms with Crippen molar-refractivity contribution >= 4 is 30.1 Å². The summed E-state index contributed by atoms with van der Waals surface area (Å²) in [5.41, 5.74) is 0. The number of carbonyl (C=O) groups is 1. The molecule has 0 spiro atoms. The summed E-state index contributed by atoms with van der Waals surface area (Å²) < 4.78 is 0. The highest BCUT2D eigenvalue weighted by atomic mass is 35.5. The summed E-state index contributed by atoms with van der Waals surface area (Å²) in [6.45, 7) is 6.39. The Morgan fingerprint density at radius 1 is 1.32 bits per heavy atom. The molecule has 1 amide bonds. The van der Waals surface area contributed by atoms with E-state index in [-0.39, 0.29) is 12.4 Å². The van der Waals surface area contributed by atoms with E-state index in [1.165, 1.54) is 17.7 Å². The van der Waals surface area contributed by atoms with Crippen molar-refractivity contribution in [2.75, 3.05) is 31.9 Å². The van der Waals surface area contributed by atoms with Crippen LogP contribution in [0.3, 0.4) is 0 Å². The molecule has 3 atom stereocenters. The third kappa shape index (κ3) is 6.19. The van der Waals surface area contributed by atoms with E-state index in [2.05, 4.69) is 47.5 Å². The van der Waals surface area contributed by atoms with Crippen LogP contribution in [0.2, 0.25) is 0 Å². The molecule has 2 aliphatic rings. The number of amides is 1. The van der Waals surface area contributed by atoms with Crippen molar-refractivity contribution in [1.29, 1.82) is 0 Å². The Morgan fingerprint density at radius 2 is 2.12 bits per heavy atom. The fraction of sp³-hybridized carbons (Fsp3) is 0.650. The predicted molar refractivity (Wildman–Crippen MR) is 108 cm³/mol. The molecule has 1 N–H and O–H groups in total. The van der Waals surface area contributed by atoms with Gasteiger partial charge in [0.05, 0.1) is 0 Å². The van der Waals surface area contributed by atoms with Crippen LogP contribution in [0.25, 0.3) is 0 Å². The summed E-state index contributed by atoms with van der Waals surface area (Å²) >= 11 is 1.92. The summed E-state index contributed by atoms with van der Waals surface area (Å²) in [6.07, 6.45) is 4.42. The fourth-order valence-electron chi connectivity index (χ4n) is 3.86. The van der Waals surface area contributed by atoms with Crippen molar-refractivity contribution in [2.45, 2.75) is 37.5 Å². The lowest BCUT2D eigenvalue weighted by atomic mass is 9.85. The fourth-order valence-corrected chi connectivity index (χ4v) is 4.91. The molecule has 2 aliphatic heterocycles. The van der Waals surface area contributed by atoms with Gasteiger partial charge in [0.15, 0.2) is 0 Å². The number of likely N-dealkylation sites (tertiary alicyclic amines) is 1.